The van der Waals surface area contributed by atoms with Gasteiger partial charge in [-0.2, -0.15) is 0 Å². The van der Waals surface area contributed by atoms with Crippen molar-refractivity contribution in [2.45, 2.75) is 26.3 Å². The topological polar surface area (TPSA) is 71.2 Å². The van der Waals surface area contributed by atoms with E-state index >= 15 is 0 Å². The molecule has 0 aliphatic rings. The third kappa shape index (κ3) is 6.90. The van der Waals surface area contributed by atoms with Crippen LogP contribution in [0.15, 0.2) is 48.7 Å². The summed E-state index contributed by atoms with van der Waals surface area (Å²) in [6.45, 7) is 5.99. The van der Waals surface area contributed by atoms with Crippen molar-refractivity contribution in [2.24, 2.45) is 5.73 Å². The monoisotopic (exact) mass is 384 g/mol. The Morgan fingerprint density at radius 3 is 2.28 bits per heavy atom. The van der Waals surface area contributed by atoms with E-state index in [1.165, 1.54) is 0 Å². The van der Waals surface area contributed by atoms with Crippen LogP contribution in [0, 0.1) is 0 Å². The Balaban J connectivity index is 0.00000288. The van der Waals surface area contributed by atoms with Gasteiger partial charge in [-0.1, -0.05) is 30.3 Å². The summed E-state index contributed by atoms with van der Waals surface area (Å²) in [5.74, 6) is 0.799. The molecule has 1 unspecified atom stereocenters. The van der Waals surface area contributed by atoms with Crippen molar-refractivity contribution in [3.05, 3.63) is 54.2 Å². The molecule has 138 valence electrons. The molecular weight excluding hydrogens is 359 g/mol. The van der Waals surface area contributed by atoms with Crippen LogP contribution in [0.2, 0.25) is 0 Å². The van der Waals surface area contributed by atoms with Gasteiger partial charge in [0.1, 0.15) is 5.82 Å². The largest absolute Gasteiger partial charge is 0.357 e. The van der Waals surface area contributed by atoms with Crippen molar-refractivity contribution in [2.75, 3.05) is 23.3 Å². The zero-order valence-corrected chi connectivity index (χ0v) is 16.1. The number of rotatable bonds is 7. The maximum atomic E-state index is 12.1. The maximum Gasteiger partial charge on any atom is 0.226 e. The minimum absolute atomic E-state index is 0. The van der Waals surface area contributed by atoms with E-state index < -0.39 is 0 Å². The molecule has 0 saturated heterocycles. The van der Waals surface area contributed by atoms with Gasteiger partial charge in [0.05, 0.1) is 11.9 Å². The third-order valence-electron chi connectivity index (χ3n) is 3.75. The molecule has 0 aliphatic carbocycles. The molecule has 25 heavy (non-hydrogen) atoms. The smallest absolute Gasteiger partial charge is 0.226 e. The lowest BCUT2D eigenvalue weighted by atomic mass is 10.0. The van der Waals surface area contributed by atoms with Gasteiger partial charge in [-0.25, -0.2) is 4.98 Å². The van der Waals surface area contributed by atoms with Crippen molar-refractivity contribution < 1.29 is 4.79 Å². The minimum Gasteiger partial charge on any atom is -0.357 e. The predicted octanol–water partition coefficient (Wildman–Crippen LogP) is 3.80. The van der Waals surface area contributed by atoms with Crippen LogP contribution in [-0.4, -0.2) is 24.0 Å². The number of benzene rings is 1. The summed E-state index contributed by atoms with van der Waals surface area (Å²) < 4.78 is 0. The van der Waals surface area contributed by atoms with E-state index in [-0.39, 0.29) is 43.2 Å². The summed E-state index contributed by atoms with van der Waals surface area (Å²) in [5.41, 5.74) is 7.71. The summed E-state index contributed by atoms with van der Waals surface area (Å²) in [7, 11) is 0. The van der Waals surface area contributed by atoms with Crippen molar-refractivity contribution >= 4 is 42.2 Å². The average Bonchev–Trinajstić information content (AvgIpc) is 2.58. The van der Waals surface area contributed by atoms with Gasteiger partial charge >= 0.3 is 0 Å². The molecule has 2 rings (SSSR count). The number of aromatic nitrogens is 1. The Morgan fingerprint density at radius 1 is 1.12 bits per heavy atom. The van der Waals surface area contributed by atoms with Gasteiger partial charge in [0.15, 0.2) is 0 Å². The standard InChI is InChI=1S/C18H24N4O.2ClH/c1-3-22(4-2)17-11-10-15(13-20-17)21-18(23)12-16(19)14-8-6-5-7-9-14;;/h5-11,13,16H,3-4,12,19H2,1-2H3,(H,21,23);2*1H. The van der Waals surface area contributed by atoms with E-state index in [9.17, 15) is 4.79 Å². The molecule has 0 fully saturated rings. The lowest BCUT2D eigenvalue weighted by Crippen LogP contribution is -2.23. The van der Waals surface area contributed by atoms with Gasteiger partial charge in [-0.15, -0.1) is 24.8 Å². The quantitative estimate of drug-likeness (QED) is 0.761. The Labute approximate surface area is 161 Å². The van der Waals surface area contributed by atoms with Gasteiger partial charge in [0.25, 0.3) is 0 Å². The van der Waals surface area contributed by atoms with Crippen molar-refractivity contribution in [3.8, 4) is 0 Å². The number of nitrogens with zero attached hydrogens (tertiary/aromatic N) is 2. The number of carbonyl (C=O) groups is 1. The lowest BCUT2D eigenvalue weighted by molar-refractivity contribution is -0.116. The molecule has 1 aromatic heterocycles. The van der Waals surface area contributed by atoms with Crippen LogP contribution >= 0.6 is 24.8 Å². The molecule has 5 nitrogen and oxygen atoms in total. The molecule has 1 atom stereocenters. The summed E-state index contributed by atoms with van der Waals surface area (Å²) in [4.78, 5) is 18.6. The van der Waals surface area contributed by atoms with E-state index in [1.807, 2.05) is 42.5 Å². The Hall–Kier alpha value is -1.82. The van der Waals surface area contributed by atoms with Gasteiger partial charge in [-0.3, -0.25) is 4.79 Å². The summed E-state index contributed by atoms with van der Waals surface area (Å²) in [5, 5.41) is 2.84. The van der Waals surface area contributed by atoms with Crippen LogP contribution in [0.1, 0.15) is 31.9 Å². The second kappa shape index (κ2) is 11.7. The highest BCUT2D eigenvalue weighted by Crippen LogP contribution is 2.16. The highest BCUT2D eigenvalue weighted by Gasteiger charge is 2.12. The number of pyridine rings is 1. The molecular formula is C18H26Cl2N4O. The molecule has 2 aromatic rings. The van der Waals surface area contributed by atoms with Crippen molar-refractivity contribution in [3.63, 3.8) is 0 Å². The molecule has 0 spiro atoms. The predicted molar refractivity (Wildman–Crippen MR) is 109 cm³/mol. The number of hydrogen-bond acceptors (Lipinski definition) is 4. The second-order valence-corrected chi connectivity index (χ2v) is 5.35. The number of halogens is 2. The van der Waals surface area contributed by atoms with E-state index in [0.717, 1.165) is 24.5 Å². The van der Waals surface area contributed by atoms with Crippen LogP contribution in [0.5, 0.6) is 0 Å². The lowest BCUT2D eigenvalue weighted by Gasteiger charge is -2.19. The minimum atomic E-state index is -0.306. The molecule has 1 heterocycles. The number of nitrogens with two attached hydrogens (primary N) is 1. The number of carbonyl (C=O) groups excluding carboxylic acids is 1. The Morgan fingerprint density at radius 2 is 1.76 bits per heavy atom. The average molecular weight is 385 g/mol. The van der Waals surface area contributed by atoms with Crippen LogP contribution < -0.4 is 16.0 Å². The Bertz CT molecular complexity index is 619. The van der Waals surface area contributed by atoms with E-state index in [2.05, 4.69) is 29.0 Å². The van der Waals surface area contributed by atoms with Crippen LogP contribution in [0.25, 0.3) is 0 Å². The molecule has 0 saturated carbocycles. The Kier molecular flexibility index (Phi) is 10.8. The second-order valence-electron chi connectivity index (χ2n) is 5.35. The highest BCUT2D eigenvalue weighted by molar-refractivity contribution is 5.91. The van der Waals surface area contributed by atoms with Crippen LogP contribution in [-0.2, 0) is 4.79 Å². The molecule has 1 aromatic carbocycles. The first-order valence-corrected chi connectivity index (χ1v) is 7.95. The number of nitrogens with one attached hydrogen (secondary N) is 1. The zero-order valence-electron chi connectivity index (χ0n) is 14.5. The van der Waals surface area contributed by atoms with Gasteiger partial charge in [0, 0.05) is 25.6 Å². The zero-order chi connectivity index (χ0) is 16.7. The summed E-state index contributed by atoms with van der Waals surface area (Å²) in [6, 6.07) is 13.1. The maximum absolute atomic E-state index is 12.1. The third-order valence-corrected chi connectivity index (χ3v) is 3.75. The molecule has 0 bridgehead atoms. The number of anilines is 2. The van der Waals surface area contributed by atoms with Gasteiger partial charge < -0.3 is 16.0 Å². The van der Waals surface area contributed by atoms with Crippen molar-refractivity contribution in [1.29, 1.82) is 0 Å². The van der Waals surface area contributed by atoms with E-state index in [0.29, 0.717) is 5.69 Å². The van der Waals surface area contributed by atoms with Crippen LogP contribution in [0.4, 0.5) is 11.5 Å². The number of hydrogen-bond donors (Lipinski definition) is 2. The summed E-state index contributed by atoms with van der Waals surface area (Å²) in [6.07, 6.45) is 1.92. The first-order chi connectivity index (χ1) is 11.1. The fourth-order valence-electron chi connectivity index (χ4n) is 2.42. The highest BCUT2D eigenvalue weighted by atomic mass is 35.5. The first kappa shape index (κ1) is 23.2. The van der Waals surface area contributed by atoms with E-state index in [4.69, 9.17) is 5.73 Å². The molecule has 0 aliphatic heterocycles. The molecule has 3 N–H and O–H groups in total. The fraction of sp³-hybridized carbons (Fsp3) is 0.333. The number of amides is 1. The molecule has 1 amide bonds. The normalized spacial score (nSPS) is 10.8. The van der Waals surface area contributed by atoms with Gasteiger partial charge in [0.2, 0.25) is 5.91 Å². The SMILES string of the molecule is CCN(CC)c1ccc(NC(=O)CC(N)c2ccccc2)cn1.Cl.Cl. The molecule has 0 radical (unpaired) electrons. The summed E-state index contributed by atoms with van der Waals surface area (Å²) >= 11 is 0. The fourth-order valence-corrected chi connectivity index (χ4v) is 2.42. The van der Waals surface area contributed by atoms with Crippen molar-refractivity contribution in [1.82, 2.24) is 4.98 Å². The van der Waals surface area contributed by atoms with E-state index in [1.54, 1.807) is 6.20 Å². The van der Waals surface area contributed by atoms with Crippen LogP contribution in [0.3, 0.4) is 0 Å². The molecule has 7 heteroatoms. The van der Waals surface area contributed by atoms with Gasteiger partial charge in [-0.05, 0) is 31.5 Å². The first-order valence-electron chi connectivity index (χ1n) is 7.95.